The van der Waals surface area contributed by atoms with E-state index < -0.39 is 0 Å². The molecule has 2 aromatic heterocycles. The number of hydrogen-bond donors (Lipinski definition) is 1. The van der Waals surface area contributed by atoms with Crippen LogP contribution in [0.3, 0.4) is 0 Å². The van der Waals surface area contributed by atoms with Gasteiger partial charge in [0.05, 0.1) is 5.52 Å². The summed E-state index contributed by atoms with van der Waals surface area (Å²) in [7, 11) is 0. The molecule has 0 unspecified atom stereocenters. The van der Waals surface area contributed by atoms with Crippen LogP contribution in [0.1, 0.15) is 38.5 Å². The lowest BCUT2D eigenvalue weighted by molar-refractivity contribution is -0.776. The minimum atomic E-state index is 0. The number of halogens is 1. The first kappa shape index (κ1) is 18.4. The fraction of sp³-hybridized carbons (Fsp3) is 0.370. The van der Waals surface area contributed by atoms with E-state index in [2.05, 4.69) is 76.5 Å². The monoisotopic (exact) mass is 414 g/mol. The van der Waals surface area contributed by atoms with Crippen LogP contribution in [0.25, 0.3) is 32.9 Å². The number of rotatable bonds is 2. The average molecular weight is 415 g/mol. The summed E-state index contributed by atoms with van der Waals surface area (Å²) >= 11 is 0. The van der Waals surface area contributed by atoms with Crippen LogP contribution in [0.5, 0.6) is 0 Å². The second kappa shape index (κ2) is 6.59. The summed E-state index contributed by atoms with van der Waals surface area (Å²) < 4.78 is 2.59. The molecule has 2 heterocycles. The average Bonchev–Trinajstić information content (AvgIpc) is 3.12. The van der Waals surface area contributed by atoms with Crippen LogP contribution in [0.2, 0.25) is 0 Å². The zero-order valence-electron chi connectivity index (χ0n) is 17.2. The SMILES string of the molecule is [Cl-].c1ccc2c(c1)[nH]c1c(-c3cc[n+](C45CC6CC(CC(C6)C4)C5)cc3)cccc12. The molecule has 8 rings (SSSR count). The number of H-pyrrole nitrogens is 1. The second-order valence-corrected chi connectivity index (χ2v) is 10.0. The molecule has 0 saturated heterocycles. The number of nitrogens with zero attached hydrogens (tertiary/aromatic N) is 1. The summed E-state index contributed by atoms with van der Waals surface area (Å²) in [6.45, 7) is 0. The van der Waals surface area contributed by atoms with Gasteiger partial charge < -0.3 is 17.4 Å². The van der Waals surface area contributed by atoms with E-state index >= 15 is 0 Å². The van der Waals surface area contributed by atoms with E-state index in [-0.39, 0.29) is 12.4 Å². The van der Waals surface area contributed by atoms with Gasteiger partial charge in [0.2, 0.25) is 0 Å². The molecule has 4 saturated carbocycles. The van der Waals surface area contributed by atoms with E-state index in [1.54, 1.807) is 0 Å². The Kier molecular flexibility index (Phi) is 4.05. The van der Waals surface area contributed by atoms with Crippen molar-refractivity contribution in [2.75, 3.05) is 0 Å². The predicted molar refractivity (Wildman–Crippen MR) is 118 cm³/mol. The maximum atomic E-state index is 3.66. The number of hydrogen-bond acceptors (Lipinski definition) is 0. The van der Waals surface area contributed by atoms with E-state index in [4.69, 9.17) is 0 Å². The van der Waals surface area contributed by atoms with E-state index in [1.165, 1.54) is 71.5 Å². The summed E-state index contributed by atoms with van der Waals surface area (Å²) in [5.74, 6) is 2.94. The fourth-order valence-electron chi connectivity index (χ4n) is 7.42. The Labute approximate surface area is 183 Å². The van der Waals surface area contributed by atoms with Crippen LogP contribution in [0.15, 0.2) is 67.0 Å². The Hall–Kier alpha value is -2.32. The van der Waals surface area contributed by atoms with Crippen LogP contribution >= 0.6 is 0 Å². The second-order valence-electron chi connectivity index (χ2n) is 10.0. The normalized spacial score (nSPS) is 29.4. The van der Waals surface area contributed by atoms with Crippen molar-refractivity contribution in [3.05, 3.63) is 67.0 Å². The Balaban J connectivity index is 0.00000175. The lowest BCUT2D eigenvalue weighted by Crippen LogP contribution is -3.00. The van der Waals surface area contributed by atoms with Crippen LogP contribution in [0.4, 0.5) is 0 Å². The minimum absolute atomic E-state index is 0. The van der Waals surface area contributed by atoms with Crippen LogP contribution in [-0.4, -0.2) is 4.98 Å². The Morgan fingerprint density at radius 1 is 0.733 bits per heavy atom. The number of nitrogens with one attached hydrogen (secondary N) is 1. The van der Waals surface area contributed by atoms with Crippen molar-refractivity contribution in [3.8, 4) is 11.1 Å². The molecule has 152 valence electrons. The van der Waals surface area contributed by atoms with E-state index in [0.717, 1.165) is 17.8 Å². The highest BCUT2D eigenvalue weighted by molar-refractivity contribution is 6.11. The third-order valence-corrected chi connectivity index (χ3v) is 8.24. The molecule has 4 fully saturated rings. The molecule has 4 aromatic rings. The van der Waals surface area contributed by atoms with Gasteiger partial charge in [-0.05, 0) is 48.6 Å². The van der Waals surface area contributed by atoms with Crippen molar-refractivity contribution in [1.82, 2.24) is 4.98 Å². The predicted octanol–water partition coefficient (Wildman–Crippen LogP) is 3.20. The van der Waals surface area contributed by atoms with Crippen LogP contribution < -0.4 is 17.0 Å². The molecule has 0 radical (unpaired) electrons. The molecule has 30 heavy (non-hydrogen) atoms. The van der Waals surface area contributed by atoms with Gasteiger partial charge in [0, 0.05) is 53.2 Å². The zero-order chi connectivity index (χ0) is 19.0. The van der Waals surface area contributed by atoms with Gasteiger partial charge in [0.1, 0.15) is 0 Å². The van der Waals surface area contributed by atoms with Gasteiger partial charge >= 0.3 is 0 Å². The number of pyridine rings is 1. The maximum Gasteiger partial charge on any atom is 0.169 e. The van der Waals surface area contributed by atoms with Crippen molar-refractivity contribution in [1.29, 1.82) is 0 Å². The van der Waals surface area contributed by atoms with Crippen LogP contribution in [-0.2, 0) is 5.54 Å². The molecular formula is C27H27ClN2. The first-order valence-electron chi connectivity index (χ1n) is 11.3. The molecule has 0 amide bonds. The van der Waals surface area contributed by atoms with Gasteiger partial charge in [-0.15, -0.1) is 0 Å². The summed E-state index contributed by atoms with van der Waals surface area (Å²) in [6, 6.07) is 20.0. The van der Waals surface area contributed by atoms with E-state index in [0.29, 0.717) is 5.54 Å². The van der Waals surface area contributed by atoms with Crippen molar-refractivity contribution in [3.63, 3.8) is 0 Å². The van der Waals surface area contributed by atoms with Crippen LogP contribution in [0, 0.1) is 17.8 Å². The lowest BCUT2D eigenvalue weighted by atomic mass is 9.53. The third kappa shape index (κ3) is 2.59. The molecule has 1 N–H and O–H groups in total. The highest BCUT2D eigenvalue weighted by Gasteiger charge is 2.56. The van der Waals surface area contributed by atoms with Gasteiger partial charge in [-0.1, -0.05) is 36.4 Å². The smallest absolute Gasteiger partial charge is 0.169 e. The molecule has 4 bridgehead atoms. The van der Waals surface area contributed by atoms with Gasteiger partial charge in [0.25, 0.3) is 0 Å². The molecule has 0 aliphatic heterocycles. The largest absolute Gasteiger partial charge is 1.00 e. The highest BCUT2D eigenvalue weighted by Crippen LogP contribution is 2.56. The number of para-hydroxylation sites is 2. The van der Waals surface area contributed by atoms with Crippen molar-refractivity contribution < 1.29 is 17.0 Å². The molecule has 4 aliphatic rings. The Morgan fingerprint density at radius 2 is 1.37 bits per heavy atom. The van der Waals surface area contributed by atoms with Gasteiger partial charge in [-0.25, -0.2) is 0 Å². The molecule has 0 atom stereocenters. The molecule has 2 nitrogen and oxygen atoms in total. The van der Waals surface area contributed by atoms with E-state index in [1.807, 2.05) is 0 Å². The molecule has 4 aliphatic carbocycles. The quantitative estimate of drug-likeness (QED) is 0.486. The standard InChI is InChI=1S/C27H26N2.ClH/c1-2-7-25-23(4-1)24-6-3-5-22(26(24)28-25)21-8-10-29(11-9-21)27-15-18-12-19(16-27)14-20(13-18)17-27;/h1-11,18-20H,12-17H2;1H. The van der Waals surface area contributed by atoms with Crippen molar-refractivity contribution in [2.24, 2.45) is 17.8 Å². The summed E-state index contributed by atoms with van der Waals surface area (Å²) in [5.41, 5.74) is 5.48. The first-order chi connectivity index (χ1) is 14.3. The first-order valence-corrected chi connectivity index (χ1v) is 11.3. The molecule has 2 aromatic carbocycles. The fourth-order valence-corrected chi connectivity index (χ4v) is 7.42. The van der Waals surface area contributed by atoms with Gasteiger partial charge in [-0.2, -0.15) is 4.57 Å². The van der Waals surface area contributed by atoms with Gasteiger partial charge in [0.15, 0.2) is 17.9 Å². The molecular weight excluding hydrogens is 388 g/mol. The maximum absolute atomic E-state index is 3.66. The van der Waals surface area contributed by atoms with Crippen molar-refractivity contribution >= 4 is 21.8 Å². The lowest BCUT2D eigenvalue weighted by Gasteiger charge is -2.53. The topological polar surface area (TPSA) is 19.7 Å². The summed E-state index contributed by atoms with van der Waals surface area (Å²) in [5, 5.41) is 2.62. The number of fused-ring (bicyclic) bond motifs is 3. The molecule has 3 heteroatoms. The third-order valence-electron chi connectivity index (χ3n) is 8.24. The van der Waals surface area contributed by atoms with Crippen molar-refractivity contribution in [2.45, 2.75) is 44.1 Å². The minimum Gasteiger partial charge on any atom is -1.00 e. The zero-order valence-corrected chi connectivity index (χ0v) is 17.9. The number of benzene rings is 2. The summed E-state index contributed by atoms with van der Waals surface area (Å²) in [4.78, 5) is 3.66. The van der Waals surface area contributed by atoms with Gasteiger partial charge in [-0.3, -0.25) is 0 Å². The number of aromatic amines is 1. The highest BCUT2D eigenvalue weighted by atomic mass is 35.5. The Bertz CT molecular complexity index is 1200. The van der Waals surface area contributed by atoms with E-state index in [9.17, 15) is 0 Å². The number of aromatic nitrogens is 2. The Morgan fingerprint density at radius 3 is 2.07 bits per heavy atom. The molecule has 0 spiro atoms. The summed E-state index contributed by atoms with van der Waals surface area (Å²) in [6.07, 6.45) is 13.5.